The van der Waals surface area contributed by atoms with Gasteiger partial charge in [-0.2, -0.15) is 5.26 Å². The maximum absolute atomic E-state index is 12.8. The van der Waals surface area contributed by atoms with Crippen LogP contribution < -0.4 is 4.74 Å². The third-order valence-corrected chi connectivity index (χ3v) is 4.89. The van der Waals surface area contributed by atoms with Crippen molar-refractivity contribution in [3.63, 3.8) is 0 Å². The molecule has 0 spiro atoms. The smallest absolute Gasteiger partial charge is 0.228 e. The predicted molar refractivity (Wildman–Crippen MR) is 118 cm³/mol. The number of nitrogens with zero attached hydrogens (tertiary/aromatic N) is 4. The SMILES string of the molecule is N#Cc1cc(-c2cccnc2Oc2ccc(C(=O)c3nc4ccccc4[nH]3)cc2)ccn1. The molecule has 32 heavy (non-hydrogen) atoms. The van der Waals surface area contributed by atoms with E-state index in [0.717, 1.165) is 22.2 Å². The molecule has 0 amide bonds. The molecular weight excluding hydrogens is 402 g/mol. The molecule has 0 unspecified atom stereocenters. The summed E-state index contributed by atoms with van der Waals surface area (Å²) in [7, 11) is 0. The molecule has 152 valence electrons. The van der Waals surface area contributed by atoms with Crippen LogP contribution in [-0.2, 0) is 0 Å². The average molecular weight is 417 g/mol. The highest BCUT2D eigenvalue weighted by atomic mass is 16.5. The molecular formula is C25H15N5O2. The number of hydrogen-bond acceptors (Lipinski definition) is 6. The number of para-hydroxylation sites is 2. The van der Waals surface area contributed by atoms with E-state index in [0.29, 0.717) is 22.9 Å². The standard InChI is InChI=1S/C25H15N5O2/c26-15-18-14-17(11-13-27-18)20-4-3-12-28-25(20)32-19-9-7-16(8-10-19)23(31)24-29-21-5-1-2-6-22(21)30-24/h1-14H,(H,29,30). The number of aromatic nitrogens is 4. The number of fused-ring (bicyclic) bond motifs is 1. The minimum absolute atomic E-state index is 0.202. The van der Waals surface area contributed by atoms with E-state index < -0.39 is 0 Å². The molecule has 0 saturated heterocycles. The van der Waals surface area contributed by atoms with Gasteiger partial charge >= 0.3 is 0 Å². The Labute approximate surface area is 183 Å². The van der Waals surface area contributed by atoms with Gasteiger partial charge in [-0.05, 0) is 66.2 Å². The van der Waals surface area contributed by atoms with E-state index in [1.165, 1.54) is 0 Å². The van der Waals surface area contributed by atoms with Crippen molar-refractivity contribution in [2.24, 2.45) is 0 Å². The summed E-state index contributed by atoms with van der Waals surface area (Å²) in [6, 6.07) is 23.5. The van der Waals surface area contributed by atoms with Gasteiger partial charge in [0.25, 0.3) is 0 Å². The second-order valence-electron chi connectivity index (χ2n) is 6.96. The average Bonchev–Trinajstić information content (AvgIpc) is 3.29. The Balaban J connectivity index is 1.40. The Morgan fingerprint density at radius 1 is 0.938 bits per heavy atom. The Morgan fingerprint density at radius 3 is 2.59 bits per heavy atom. The number of carbonyl (C=O) groups excluding carboxylic acids is 1. The number of imidazole rings is 1. The van der Waals surface area contributed by atoms with Crippen LogP contribution in [0.3, 0.4) is 0 Å². The fourth-order valence-electron chi connectivity index (χ4n) is 3.33. The Morgan fingerprint density at radius 2 is 1.78 bits per heavy atom. The first kappa shape index (κ1) is 19.2. The summed E-state index contributed by atoms with van der Waals surface area (Å²) in [6.45, 7) is 0. The molecule has 0 aliphatic carbocycles. The van der Waals surface area contributed by atoms with E-state index in [-0.39, 0.29) is 11.6 Å². The third-order valence-electron chi connectivity index (χ3n) is 4.89. The van der Waals surface area contributed by atoms with Gasteiger partial charge in [-0.15, -0.1) is 0 Å². The number of carbonyl (C=O) groups is 1. The number of nitrogens with one attached hydrogen (secondary N) is 1. The molecule has 3 heterocycles. The molecule has 0 fully saturated rings. The molecule has 3 aromatic heterocycles. The van der Waals surface area contributed by atoms with Gasteiger partial charge in [0.15, 0.2) is 5.82 Å². The number of rotatable bonds is 5. The first-order valence-electron chi connectivity index (χ1n) is 9.80. The molecule has 0 aliphatic rings. The van der Waals surface area contributed by atoms with Crippen molar-refractivity contribution in [1.29, 1.82) is 5.26 Å². The Hall–Kier alpha value is -4.83. The van der Waals surface area contributed by atoms with E-state index in [2.05, 4.69) is 19.9 Å². The Kier molecular flexibility index (Phi) is 4.86. The number of nitriles is 1. The maximum atomic E-state index is 12.8. The minimum atomic E-state index is -0.202. The number of aromatic amines is 1. The van der Waals surface area contributed by atoms with Crippen LogP contribution in [0.25, 0.3) is 22.2 Å². The Bertz CT molecular complexity index is 1450. The van der Waals surface area contributed by atoms with Crippen LogP contribution in [0.2, 0.25) is 0 Å². The van der Waals surface area contributed by atoms with E-state index in [4.69, 9.17) is 10.00 Å². The second kappa shape index (κ2) is 8.13. The van der Waals surface area contributed by atoms with Gasteiger partial charge < -0.3 is 9.72 Å². The summed E-state index contributed by atoms with van der Waals surface area (Å²) < 4.78 is 5.98. The second-order valence-corrected chi connectivity index (χ2v) is 6.96. The van der Waals surface area contributed by atoms with Crippen LogP contribution >= 0.6 is 0 Å². The molecule has 5 aromatic rings. The third kappa shape index (κ3) is 3.68. The van der Waals surface area contributed by atoms with Crippen LogP contribution in [0.15, 0.2) is 85.2 Å². The predicted octanol–water partition coefficient (Wildman–Crippen LogP) is 4.91. The summed E-state index contributed by atoms with van der Waals surface area (Å²) in [5.74, 6) is 1.00. The molecule has 0 bridgehead atoms. The zero-order valence-electron chi connectivity index (χ0n) is 16.7. The van der Waals surface area contributed by atoms with Crippen LogP contribution in [-0.4, -0.2) is 25.7 Å². The van der Waals surface area contributed by atoms with Crippen LogP contribution in [0.4, 0.5) is 0 Å². The molecule has 5 rings (SSSR count). The monoisotopic (exact) mass is 417 g/mol. The van der Waals surface area contributed by atoms with E-state index in [1.807, 2.05) is 36.4 Å². The van der Waals surface area contributed by atoms with E-state index in [1.54, 1.807) is 54.9 Å². The van der Waals surface area contributed by atoms with Crippen molar-refractivity contribution in [3.05, 3.63) is 102 Å². The van der Waals surface area contributed by atoms with Crippen molar-refractivity contribution in [3.8, 4) is 28.8 Å². The number of ether oxygens (including phenoxy) is 1. The van der Waals surface area contributed by atoms with Gasteiger partial charge in [-0.1, -0.05) is 12.1 Å². The lowest BCUT2D eigenvalue weighted by Crippen LogP contribution is -2.03. The fourth-order valence-corrected chi connectivity index (χ4v) is 3.33. The maximum Gasteiger partial charge on any atom is 0.228 e. The molecule has 2 aromatic carbocycles. The van der Waals surface area contributed by atoms with Crippen LogP contribution in [0.1, 0.15) is 21.9 Å². The fraction of sp³-hybridized carbons (Fsp3) is 0. The largest absolute Gasteiger partial charge is 0.438 e. The first-order valence-corrected chi connectivity index (χ1v) is 9.80. The van der Waals surface area contributed by atoms with Gasteiger partial charge in [0.2, 0.25) is 11.7 Å². The lowest BCUT2D eigenvalue weighted by Gasteiger charge is -2.10. The topological polar surface area (TPSA) is 105 Å². The number of hydrogen-bond donors (Lipinski definition) is 1. The zero-order valence-corrected chi connectivity index (χ0v) is 16.7. The van der Waals surface area contributed by atoms with Crippen molar-refractivity contribution in [1.82, 2.24) is 19.9 Å². The number of pyridine rings is 2. The summed E-state index contributed by atoms with van der Waals surface area (Å²) in [4.78, 5) is 28.6. The van der Waals surface area contributed by atoms with Crippen molar-refractivity contribution >= 4 is 16.8 Å². The highest BCUT2D eigenvalue weighted by Gasteiger charge is 2.15. The van der Waals surface area contributed by atoms with Crippen molar-refractivity contribution < 1.29 is 9.53 Å². The number of H-pyrrole nitrogens is 1. The van der Waals surface area contributed by atoms with Gasteiger partial charge in [-0.3, -0.25) is 4.79 Å². The van der Waals surface area contributed by atoms with E-state index >= 15 is 0 Å². The summed E-state index contributed by atoms with van der Waals surface area (Å²) >= 11 is 0. The van der Waals surface area contributed by atoms with Crippen molar-refractivity contribution in [2.45, 2.75) is 0 Å². The molecule has 0 aliphatic heterocycles. The van der Waals surface area contributed by atoms with Crippen molar-refractivity contribution in [2.75, 3.05) is 0 Å². The van der Waals surface area contributed by atoms with Crippen LogP contribution in [0.5, 0.6) is 11.6 Å². The summed E-state index contributed by atoms with van der Waals surface area (Å²) in [5, 5.41) is 9.11. The minimum Gasteiger partial charge on any atom is -0.438 e. The normalized spacial score (nSPS) is 10.6. The summed E-state index contributed by atoms with van der Waals surface area (Å²) in [5.41, 5.74) is 3.87. The molecule has 0 atom stereocenters. The lowest BCUT2D eigenvalue weighted by molar-refractivity contribution is 0.103. The highest BCUT2D eigenvalue weighted by Crippen LogP contribution is 2.31. The van der Waals surface area contributed by atoms with Gasteiger partial charge in [0.05, 0.1) is 11.0 Å². The molecule has 1 N–H and O–H groups in total. The summed E-state index contributed by atoms with van der Waals surface area (Å²) in [6.07, 6.45) is 3.20. The molecule has 7 nitrogen and oxygen atoms in total. The first-order chi connectivity index (χ1) is 15.7. The van der Waals surface area contributed by atoms with Gasteiger partial charge in [-0.25, -0.2) is 15.0 Å². The molecule has 7 heteroatoms. The quantitative estimate of drug-likeness (QED) is 0.407. The highest BCUT2D eigenvalue weighted by molar-refractivity contribution is 6.08. The molecule has 0 saturated carbocycles. The lowest BCUT2D eigenvalue weighted by atomic mass is 10.1. The molecule has 0 radical (unpaired) electrons. The van der Waals surface area contributed by atoms with Gasteiger partial charge in [0.1, 0.15) is 17.5 Å². The van der Waals surface area contributed by atoms with Gasteiger partial charge in [0, 0.05) is 23.5 Å². The number of ketones is 1. The zero-order chi connectivity index (χ0) is 21.9. The van der Waals surface area contributed by atoms with Crippen LogP contribution in [0, 0.1) is 11.3 Å². The van der Waals surface area contributed by atoms with E-state index in [9.17, 15) is 4.79 Å². The number of benzene rings is 2.